The summed E-state index contributed by atoms with van der Waals surface area (Å²) in [7, 11) is 3.72. The molecule has 3 aromatic heterocycles. The third kappa shape index (κ3) is 5.53. The highest BCUT2D eigenvalue weighted by atomic mass is 16.5. The fraction of sp³-hybridized carbons (Fsp3) is 0.436. The number of rotatable bonds is 9. The molecule has 1 aliphatic carbocycles. The summed E-state index contributed by atoms with van der Waals surface area (Å²) < 4.78 is 10.5. The van der Waals surface area contributed by atoms with E-state index in [2.05, 4.69) is 45.3 Å². The molecule has 0 N–H and O–H groups in total. The molecule has 48 heavy (non-hydrogen) atoms. The number of hydrogen-bond donors (Lipinski definition) is 0. The molecule has 248 valence electrons. The lowest BCUT2D eigenvalue weighted by molar-refractivity contribution is -0.134. The Balaban J connectivity index is 1.14. The lowest BCUT2D eigenvalue weighted by atomic mass is 9.89. The Morgan fingerprint density at radius 2 is 1.75 bits per heavy atom. The molecule has 0 bridgehead atoms. The van der Waals surface area contributed by atoms with Crippen LogP contribution in [-0.2, 0) is 24.8 Å². The van der Waals surface area contributed by atoms with Gasteiger partial charge in [0.05, 0.1) is 30.3 Å². The van der Waals surface area contributed by atoms with Crippen LogP contribution in [0.2, 0.25) is 0 Å². The zero-order valence-electron chi connectivity index (χ0n) is 28.2. The Kier molecular flexibility index (Phi) is 7.93. The first-order chi connectivity index (χ1) is 23.4. The number of imidazole rings is 1. The van der Waals surface area contributed by atoms with Gasteiger partial charge >= 0.3 is 0 Å². The molecule has 9 heteroatoms. The Labute approximate surface area is 281 Å². The number of carbonyl (C=O) groups is 2. The highest BCUT2D eigenvalue weighted by molar-refractivity contribution is 6.00. The average Bonchev–Trinajstić information content (AvgIpc) is 3.75. The number of aromatic nitrogens is 4. The summed E-state index contributed by atoms with van der Waals surface area (Å²) in [6.07, 6.45) is 9.68. The maximum absolute atomic E-state index is 13.7. The first-order valence-electron chi connectivity index (χ1n) is 17.5. The zero-order valence-corrected chi connectivity index (χ0v) is 28.2. The molecule has 3 aliphatic rings. The number of hydrogen-bond acceptors (Lipinski definition) is 5. The molecule has 5 heterocycles. The van der Waals surface area contributed by atoms with E-state index in [-0.39, 0.29) is 17.7 Å². The molecule has 3 fully saturated rings. The van der Waals surface area contributed by atoms with Crippen LogP contribution < -0.4 is 4.74 Å². The predicted molar refractivity (Wildman–Crippen MR) is 187 cm³/mol. The Morgan fingerprint density at radius 3 is 2.50 bits per heavy atom. The molecule has 2 aromatic carbocycles. The number of pyridine rings is 1. The molecular formula is C39H44N6O3. The Hall–Kier alpha value is -4.66. The molecule has 5 aromatic rings. The van der Waals surface area contributed by atoms with E-state index < -0.39 is 0 Å². The van der Waals surface area contributed by atoms with Crippen LogP contribution in [-0.4, -0.2) is 74.0 Å². The number of likely N-dealkylation sites (tertiary alicyclic amines) is 2. The van der Waals surface area contributed by atoms with Crippen LogP contribution in [0.25, 0.3) is 33.5 Å². The molecule has 0 unspecified atom stereocenters. The van der Waals surface area contributed by atoms with Crippen molar-refractivity contribution in [2.24, 2.45) is 18.9 Å². The summed E-state index contributed by atoms with van der Waals surface area (Å²) in [5, 5.41) is 1.19. The van der Waals surface area contributed by atoms with Crippen LogP contribution in [0.15, 0.2) is 60.9 Å². The second-order valence-corrected chi connectivity index (χ2v) is 14.1. The van der Waals surface area contributed by atoms with E-state index >= 15 is 0 Å². The summed E-state index contributed by atoms with van der Waals surface area (Å²) >= 11 is 0. The van der Waals surface area contributed by atoms with Gasteiger partial charge in [-0.2, -0.15) is 0 Å². The average molecular weight is 645 g/mol. The zero-order chi connectivity index (χ0) is 32.9. The van der Waals surface area contributed by atoms with Crippen molar-refractivity contribution in [3.63, 3.8) is 0 Å². The van der Waals surface area contributed by atoms with Crippen LogP contribution in [0.1, 0.15) is 66.4 Å². The smallest absolute Gasteiger partial charge is 0.254 e. The van der Waals surface area contributed by atoms with E-state index in [0.29, 0.717) is 29.6 Å². The highest BCUT2D eigenvalue weighted by Crippen LogP contribution is 2.41. The van der Waals surface area contributed by atoms with Gasteiger partial charge < -0.3 is 23.7 Å². The van der Waals surface area contributed by atoms with Crippen LogP contribution in [0.5, 0.6) is 5.75 Å². The van der Waals surface area contributed by atoms with Gasteiger partial charge in [0.15, 0.2) is 5.82 Å². The number of ether oxygens (including phenoxy) is 1. The topological polar surface area (TPSA) is 85.5 Å². The van der Waals surface area contributed by atoms with E-state index in [1.54, 1.807) is 19.5 Å². The number of nitrogens with zero attached hydrogens (tertiary/aromatic N) is 6. The minimum atomic E-state index is 0.0573. The van der Waals surface area contributed by atoms with Gasteiger partial charge in [-0.15, -0.1) is 0 Å². The molecule has 2 saturated heterocycles. The van der Waals surface area contributed by atoms with Crippen molar-refractivity contribution in [2.45, 2.75) is 57.9 Å². The van der Waals surface area contributed by atoms with Crippen molar-refractivity contribution in [2.75, 3.05) is 33.3 Å². The van der Waals surface area contributed by atoms with Crippen molar-refractivity contribution in [1.29, 1.82) is 0 Å². The van der Waals surface area contributed by atoms with Crippen molar-refractivity contribution in [1.82, 2.24) is 28.9 Å². The Morgan fingerprint density at radius 1 is 0.938 bits per heavy atom. The largest absolute Gasteiger partial charge is 0.494 e. The molecule has 0 spiro atoms. The SMILES string of the molecule is CC[C@@H]1CCCN(C(=O)c2cc(OC)c3c(c2)nc(-c2cc4cccc(C5CN(C(=O)Cc6ccncc6)C5)c4n2CC2CC2)n3C)C1. The predicted octanol–water partition coefficient (Wildman–Crippen LogP) is 6.44. The van der Waals surface area contributed by atoms with Crippen LogP contribution in [0.4, 0.5) is 0 Å². The number of aryl methyl sites for hydroxylation is 1. The van der Waals surface area contributed by atoms with E-state index in [1.807, 2.05) is 41.1 Å². The second kappa shape index (κ2) is 12.4. The van der Waals surface area contributed by atoms with Gasteiger partial charge in [0, 0.05) is 69.0 Å². The van der Waals surface area contributed by atoms with Crippen LogP contribution >= 0.6 is 0 Å². The monoisotopic (exact) mass is 644 g/mol. The number of carbonyl (C=O) groups excluding carboxylic acids is 2. The minimum Gasteiger partial charge on any atom is -0.494 e. The fourth-order valence-corrected chi connectivity index (χ4v) is 7.87. The van der Waals surface area contributed by atoms with Gasteiger partial charge in [0.1, 0.15) is 11.3 Å². The van der Waals surface area contributed by atoms with Gasteiger partial charge in [-0.1, -0.05) is 31.5 Å². The summed E-state index contributed by atoms with van der Waals surface area (Å²) in [6.45, 7) is 6.20. The molecule has 1 atom stereocenters. The van der Waals surface area contributed by atoms with Gasteiger partial charge in [0.2, 0.25) is 5.91 Å². The number of benzene rings is 2. The third-order valence-electron chi connectivity index (χ3n) is 10.9. The third-order valence-corrected chi connectivity index (χ3v) is 10.9. The molecular weight excluding hydrogens is 600 g/mol. The first kappa shape index (κ1) is 30.7. The number of piperidine rings is 1. The summed E-state index contributed by atoms with van der Waals surface area (Å²) in [5.74, 6) is 3.24. The van der Waals surface area contributed by atoms with Crippen LogP contribution in [0.3, 0.4) is 0 Å². The van der Waals surface area contributed by atoms with Gasteiger partial charge in [-0.05, 0) is 79.0 Å². The maximum Gasteiger partial charge on any atom is 0.254 e. The number of fused-ring (bicyclic) bond motifs is 2. The van der Waals surface area contributed by atoms with Gasteiger partial charge in [0.25, 0.3) is 5.91 Å². The standard InChI is InChI=1S/C39H44N6O3/c1-4-25-7-6-16-43(21-25)39(47)29-18-32-37(34(20-29)48-3)42(2)38(41-32)33-19-28-8-5-9-31(36(28)45(33)22-27-10-11-27)30-23-44(24-30)35(46)17-26-12-14-40-15-13-26/h5,8-9,12-15,18-20,25,27,30H,4,6-7,10-11,16-17,21-24H2,1-3H3/t25-/m1/s1. The fourth-order valence-electron chi connectivity index (χ4n) is 7.87. The number of para-hydroxylation sites is 1. The van der Waals surface area contributed by atoms with Gasteiger partial charge in [-0.3, -0.25) is 14.6 Å². The molecule has 8 rings (SSSR count). The van der Waals surface area contributed by atoms with Crippen molar-refractivity contribution >= 4 is 33.8 Å². The summed E-state index contributed by atoms with van der Waals surface area (Å²) in [6, 6.07) is 16.5. The Bertz CT molecular complexity index is 2000. The van der Waals surface area contributed by atoms with Gasteiger partial charge in [-0.25, -0.2) is 4.98 Å². The van der Waals surface area contributed by atoms with E-state index in [9.17, 15) is 9.59 Å². The van der Waals surface area contributed by atoms with Crippen molar-refractivity contribution < 1.29 is 14.3 Å². The van der Waals surface area contributed by atoms with E-state index in [4.69, 9.17) is 9.72 Å². The number of amides is 2. The van der Waals surface area contributed by atoms with Crippen LogP contribution in [0, 0.1) is 11.8 Å². The summed E-state index contributed by atoms with van der Waals surface area (Å²) in [4.78, 5) is 40.1. The molecule has 0 radical (unpaired) electrons. The van der Waals surface area contributed by atoms with E-state index in [1.165, 1.54) is 35.7 Å². The lowest BCUT2D eigenvalue weighted by Gasteiger charge is -2.40. The lowest BCUT2D eigenvalue weighted by Crippen LogP contribution is -2.49. The molecule has 2 aliphatic heterocycles. The number of methoxy groups -OCH3 is 1. The van der Waals surface area contributed by atoms with Crippen molar-refractivity contribution in [3.05, 3.63) is 77.6 Å². The second-order valence-electron chi connectivity index (χ2n) is 14.1. The van der Waals surface area contributed by atoms with Crippen molar-refractivity contribution in [3.8, 4) is 17.3 Å². The summed E-state index contributed by atoms with van der Waals surface area (Å²) in [5.41, 5.74) is 6.90. The first-order valence-corrected chi connectivity index (χ1v) is 17.5. The maximum atomic E-state index is 13.7. The minimum absolute atomic E-state index is 0.0573. The molecule has 1 saturated carbocycles. The highest BCUT2D eigenvalue weighted by Gasteiger charge is 2.35. The quantitative estimate of drug-likeness (QED) is 0.184. The normalized spacial score (nSPS) is 18.4. The molecule has 2 amide bonds. The molecule has 9 nitrogen and oxygen atoms in total. The van der Waals surface area contributed by atoms with E-state index in [0.717, 1.165) is 73.7 Å².